The molecule has 3 heterocycles. The molecule has 12 nitrogen and oxygen atoms in total. The molecule has 1 aromatic heterocycles. The minimum Gasteiger partial charge on any atom is -0.422 e. The highest BCUT2D eigenvalue weighted by atomic mass is 32.2. The molecule has 0 radical (unpaired) electrons. The predicted molar refractivity (Wildman–Crippen MR) is 130 cm³/mol. The number of aromatic nitrogens is 2. The van der Waals surface area contributed by atoms with Crippen LogP contribution in [0.3, 0.4) is 0 Å². The molecule has 0 bridgehead atoms. The Bertz CT molecular complexity index is 1340. The van der Waals surface area contributed by atoms with E-state index in [1.54, 1.807) is 22.9 Å². The molecule has 2 aromatic rings. The third-order valence-electron chi connectivity index (χ3n) is 6.09. The van der Waals surface area contributed by atoms with E-state index in [1.165, 1.54) is 0 Å². The smallest absolute Gasteiger partial charge is 0.349 e. The minimum atomic E-state index is -3.22. The van der Waals surface area contributed by atoms with Crippen molar-refractivity contribution in [3.63, 3.8) is 0 Å². The summed E-state index contributed by atoms with van der Waals surface area (Å²) in [6, 6.07) is 4.65. The first-order chi connectivity index (χ1) is 16.9. The number of amides is 1. The summed E-state index contributed by atoms with van der Waals surface area (Å²) in [4.78, 5) is 40.4. The van der Waals surface area contributed by atoms with Crippen LogP contribution in [0.1, 0.15) is 32.7 Å². The van der Waals surface area contributed by atoms with Crippen LogP contribution in [0.4, 0.5) is 0 Å². The third-order valence-corrected chi connectivity index (χ3v) is 7.03. The summed E-state index contributed by atoms with van der Waals surface area (Å²) in [5.41, 5.74) is 6.12. The van der Waals surface area contributed by atoms with Gasteiger partial charge in [0.25, 0.3) is 11.8 Å². The topological polar surface area (TPSA) is 163 Å². The van der Waals surface area contributed by atoms with Crippen LogP contribution in [0.15, 0.2) is 29.8 Å². The van der Waals surface area contributed by atoms with Gasteiger partial charge in [-0.3, -0.25) is 14.4 Å². The first-order valence-corrected chi connectivity index (χ1v) is 13.6. The first-order valence-electron chi connectivity index (χ1n) is 11.6. The zero-order valence-electron chi connectivity index (χ0n) is 20.3. The number of nitrogens with one attached hydrogen (secondary N) is 1. The van der Waals surface area contributed by atoms with Gasteiger partial charge < -0.3 is 20.5 Å². The number of nitrogens with zero attached hydrogens (tertiary/aromatic N) is 3. The standard InChI is InChI=1S/C23H29N5O7S/c1-13(2)28-16-5-4-6-17-20(16)22(26-28)35-19(29)11-15(23(31)34-17)21(30)25-14-7-9-27(10-8-14)18(24)12-36(3,32)33/h4-6,11,13-14,18H,7-10,12,24H2,1-3H3,(H,25,30)/b15-11-. The van der Waals surface area contributed by atoms with Gasteiger partial charge in [-0.2, -0.15) is 0 Å². The van der Waals surface area contributed by atoms with E-state index in [-0.39, 0.29) is 29.5 Å². The van der Waals surface area contributed by atoms with Gasteiger partial charge in [-0.1, -0.05) is 6.07 Å². The Hall–Kier alpha value is -3.29. The van der Waals surface area contributed by atoms with Gasteiger partial charge in [0.2, 0.25) is 0 Å². The van der Waals surface area contributed by atoms with E-state index in [0.29, 0.717) is 36.8 Å². The molecule has 1 atom stereocenters. The zero-order valence-corrected chi connectivity index (χ0v) is 21.1. The van der Waals surface area contributed by atoms with E-state index in [4.69, 9.17) is 15.2 Å². The number of hydrogen-bond acceptors (Lipinski definition) is 10. The second-order valence-corrected chi connectivity index (χ2v) is 11.5. The maximum Gasteiger partial charge on any atom is 0.349 e. The number of rotatable bonds is 6. The van der Waals surface area contributed by atoms with Crippen LogP contribution in [0.2, 0.25) is 0 Å². The van der Waals surface area contributed by atoms with Crippen LogP contribution in [0.25, 0.3) is 10.9 Å². The number of piperidine rings is 1. The number of benzene rings is 1. The van der Waals surface area contributed by atoms with E-state index in [1.807, 2.05) is 18.7 Å². The van der Waals surface area contributed by atoms with E-state index in [0.717, 1.165) is 12.3 Å². The van der Waals surface area contributed by atoms with Crippen molar-refractivity contribution in [3.05, 3.63) is 29.8 Å². The highest BCUT2D eigenvalue weighted by Crippen LogP contribution is 2.36. The van der Waals surface area contributed by atoms with Crippen molar-refractivity contribution in [1.82, 2.24) is 20.0 Å². The lowest BCUT2D eigenvalue weighted by molar-refractivity contribution is -0.134. The molecule has 1 aromatic carbocycles. The van der Waals surface area contributed by atoms with Gasteiger partial charge >= 0.3 is 11.9 Å². The number of carbonyl (C=O) groups excluding carboxylic acids is 3. The Kier molecular flexibility index (Phi) is 7.16. The van der Waals surface area contributed by atoms with Gasteiger partial charge in [0, 0.05) is 37.5 Å². The summed E-state index contributed by atoms with van der Waals surface area (Å²) in [6.07, 6.45) is 2.28. The fourth-order valence-electron chi connectivity index (χ4n) is 4.35. The maximum atomic E-state index is 13.0. The summed E-state index contributed by atoms with van der Waals surface area (Å²) >= 11 is 0. The molecular weight excluding hydrogens is 490 g/mol. The fourth-order valence-corrected chi connectivity index (χ4v) is 5.18. The monoisotopic (exact) mass is 519 g/mol. The summed E-state index contributed by atoms with van der Waals surface area (Å²) in [7, 11) is -3.22. The average molecular weight is 520 g/mol. The Labute approximate surface area is 208 Å². The average Bonchev–Trinajstić information content (AvgIpc) is 3.17. The Morgan fingerprint density at radius 3 is 2.56 bits per heavy atom. The fraction of sp³-hybridized carbons (Fsp3) is 0.478. The van der Waals surface area contributed by atoms with Crippen molar-refractivity contribution in [2.75, 3.05) is 25.1 Å². The van der Waals surface area contributed by atoms with Crippen LogP contribution in [0.5, 0.6) is 11.6 Å². The molecule has 0 saturated carbocycles. The van der Waals surface area contributed by atoms with Crippen molar-refractivity contribution in [3.8, 4) is 11.6 Å². The molecule has 2 aliphatic heterocycles. The highest BCUT2D eigenvalue weighted by Gasteiger charge is 2.31. The van der Waals surface area contributed by atoms with Gasteiger partial charge in [-0.15, -0.1) is 5.10 Å². The Morgan fingerprint density at radius 2 is 1.92 bits per heavy atom. The largest absolute Gasteiger partial charge is 0.422 e. The molecule has 0 spiro atoms. The van der Waals surface area contributed by atoms with Crippen molar-refractivity contribution < 1.29 is 32.3 Å². The molecule has 1 fully saturated rings. The van der Waals surface area contributed by atoms with Crippen molar-refractivity contribution in [1.29, 1.82) is 0 Å². The molecule has 3 N–H and O–H groups in total. The third kappa shape index (κ3) is 5.58. The van der Waals surface area contributed by atoms with Gasteiger partial charge in [0.05, 0.1) is 17.4 Å². The second kappa shape index (κ2) is 9.99. The van der Waals surface area contributed by atoms with Crippen LogP contribution in [-0.4, -0.2) is 78.2 Å². The number of hydrogen-bond donors (Lipinski definition) is 2. The van der Waals surface area contributed by atoms with Crippen LogP contribution in [0, 0.1) is 0 Å². The van der Waals surface area contributed by atoms with Crippen LogP contribution < -0.4 is 20.5 Å². The van der Waals surface area contributed by atoms with Crippen LogP contribution in [-0.2, 0) is 24.2 Å². The Morgan fingerprint density at radius 1 is 1.22 bits per heavy atom. The minimum absolute atomic E-state index is 0.0113. The number of esters is 2. The van der Waals surface area contributed by atoms with E-state index < -0.39 is 39.4 Å². The van der Waals surface area contributed by atoms with Crippen molar-refractivity contribution in [2.24, 2.45) is 5.73 Å². The molecule has 13 heteroatoms. The van der Waals surface area contributed by atoms with Gasteiger partial charge in [-0.05, 0) is 38.8 Å². The molecule has 194 valence electrons. The van der Waals surface area contributed by atoms with Gasteiger partial charge in [0.1, 0.15) is 26.5 Å². The quantitative estimate of drug-likeness (QED) is 0.308. The number of nitrogens with two attached hydrogens (primary N) is 1. The predicted octanol–water partition coefficient (Wildman–Crippen LogP) is 0.278. The second-order valence-electron chi connectivity index (χ2n) is 9.31. The van der Waals surface area contributed by atoms with E-state index in [2.05, 4.69) is 10.4 Å². The van der Waals surface area contributed by atoms with E-state index >= 15 is 0 Å². The van der Waals surface area contributed by atoms with Gasteiger partial charge in [0.15, 0.2) is 0 Å². The highest BCUT2D eigenvalue weighted by molar-refractivity contribution is 7.90. The summed E-state index contributed by atoms with van der Waals surface area (Å²) in [5, 5.41) is 7.47. The molecule has 1 saturated heterocycles. The summed E-state index contributed by atoms with van der Waals surface area (Å²) in [6.45, 7) is 4.76. The Balaban J connectivity index is 1.48. The van der Waals surface area contributed by atoms with Crippen LogP contribution >= 0.6 is 0 Å². The lowest BCUT2D eigenvalue weighted by atomic mass is 10.0. The molecule has 4 rings (SSSR count). The molecular formula is C23H29N5O7S. The summed E-state index contributed by atoms with van der Waals surface area (Å²) < 4.78 is 35.6. The maximum absolute atomic E-state index is 13.0. The van der Waals surface area contributed by atoms with Gasteiger partial charge in [-0.25, -0.2) is 18.0 Å². The molecule has 1 amide bonds. The summed E-state index contributed by atoms with van der Waals surface area (Å²) in [5.74, 6) is -2.73. The lowest BCUT2D eigenvalue weighted by Gasteiger charge is -2.35. The number of ether oxygens (including phenoxy) is 2. The molecule has 2 aliphatic rings. The first kappa shape index (κ1) is 25.8. The van der Waals surface area contributed by atoms with Crippen molar-refractivity contribution in [2.45, 2.75) is 44.9 Å². The number of sulfone groups is 1. The molecule has 36 heavy (non-hydrogen) atoms. The van der Waals surface area contributed by atoms with E-state index in [9.17, 15) is 22.8 Å². The molecule has 1 unspecified atom stereocenters. The number of carbonyl (C=O) groups is 3. The normalized spacial score (nSPS) is 20.1. The lowest BCUT2D eigenvalue weighted by Crippen LogP contribution is -2.53. The zero-order chi connectivity index (χ0) is 26.2. The SMILES string of the molecule is CC(C)n1nc2c3c(cccc31)OC(=O)/C(C(=O)NC1CCN(C(N)CS(C)(=O)=O)CC1)=C\C(=O)O2. The molecule has 0 aliphatic carbocycles. The number of likely N-dealkylation sites (tertiary alicyclic amines) is 1. The van der Waals surface area contributed by atoms with Crippen molar-refractivity contribution >= 4 is 38.6 Å².